The maximum Gasteiger partial charge on any atom is 0.237 e. The second kappa shape index (κ2) is 6.66. The van der Waals surface area contributed by atoms with Crippen molar-refractivity contribution >= 4 is 5.91 Å². The lowest BCUT2D eigenvalue weighted by Crippen LogP contribution is -2.50. The van der Waals surface area contributed by atoms with Crippen molar-refractivity contribution in [1.82, 2.24) is 15.6 Å². The third-order valence-corrected chi connectivity index (χ3v) is 3.85. The van der Waals surface area contributed by atoms with E-state index in [1.807, 2.05) is 6.07 Å². The van der Waals surface area contributed by atoms with Crippen molar-refractivity contribution in [3.63, 3.8) is 0 Å². The Morgan fingerprint density at radius 3 is 3.16 bits per heavy atom. The third kappa shape index (κ3) is 3.53. The largest absolute Gasteiger partial charge is 0.349 e. The van der Waals surface area contributed by atoms with E-state index in [0.29, 0.717) is 12.5 Å². The zero-order valence-corrected chi connectivity index (χ0v) is 11.8. The standard InChI is InChI=1S/C15H23N3O/c1-3-12-7-5-8-16-13(12)10-18-15(19)14-11(2)6-4-9-17-14/h5,7-8,11,14,17H,3-4,6,9-10H2,1-2H3,(H,18,19). The van der Waals surface area contributed by atoms with Crippen molar-refractivity contribution in [3.8, 4) is 0 Å². The van der Waals surface area contributed by atoms with Gasteiger partial charge in [-0.15, -0.1) is 0 Å². The molecule has 1 fully saturated rings. The van der Waals surface area contributed by atoms with E-state index in [1.54, 1.807) is 6.20 Å². The van der Waals surface area contributed by atoms with Crippen LogP contribution in [0.3, 0.4) is 0 Å². The van der Waals surface area contributed by atoms with Crippen molar-refractivity contribution in [2.45, 2.75) is 45.7 Å². The quantitative estimate of drug-likeness (QED) is 0.866. The lowest BCUT2D eigenvalue weighted by atomic mass is 9.92. The molecule has 0 radical (unpaired) electrons. The first-order valence-electron chi connectivity index (χ1n) is 7.16. The minimum Gasteiger partial charge on any atom is -0.349 e. The van der Waals surface area contributed by atoms with Gasteiger partial charge in [0.15, 0.2) is 0 Å². The van der Waals surface area contributed by atoms with Crippen LogP contribution in [0.15, 0.2) is 18.3 Å². The zero-order chi connectivity index (χ0) is 13.7. The number of aromatic nitrogens is 1. The molecule has 1 aromatic heterocycles. The number of aryl methyl sites for hydroxylation is 1. The molecule has 1 amide bonds. The second-order valence-electron chi connectivity index (χ2n) is 5.23. The predicted molar refractivity (Wildman–Crippen MR) is 75.7 cm³/mol. The van der Waals surface area contributed by atoms with E-state index in [1.165, 1.54) is 5.56 Å². The van der Waals surface area contributed by atoms with E-state index >= 15 is 0 Å². The van der Waals surface area contributed by atoms with Crippen molar-refractivity contribution in [2.75, 3.05) is 6.54 Å². The summed E-state index contributed by atoms with van der Waals surface area (Å²) < 4.78 is 0. The summed E-state index contributed by atoms with van der Waals surface area (Å²) in [6.45, 7) is 5.70. The van der Waals surface area contributed by atoms with E-state index in [4.69, 9.17) is 0 Å². The average Bonchev–Trinajstić information content (AvgIpc) is 2.45. The second-order valence-corrected chi connectivity index (χ2v) is 5.23. The van der Waals surface area contributed by atoms with Crippen LogP contribution in [0.4, 0.5) is 0 Å². The van der Waals surface area contributed by atoms with Gasteiger partial charge in [0.2, 0.25) is 5.91 Å². The summed E-state index contributed by atoms with van der Waals surface area (Å²) in [5.74, 6) is 0.503. The predicted octanol–water partition coefficient (Wildman–Crippen LogP) is 1.65. The van der Waals surface area contributed by atoms with Gasteiger partial charge in [0.05, 0.1) is 18.3 Å². The summed E-state index contributed by atoms with van der Waals surface area (Å²) in [4.78, 5) is 16.5. The minimum absolute atomic E-state index is 0.0532. The Labute approximate surface area is 115 Å². The van der Waals surface area contributed by atoms with Gasteiger partial charge in [0.25, 0.3) is 0 Å². The number of nitrogens with zero attached hydrogens (tertiary/aromatic N) is 1. The van der Waals surface area contributed by atoms with E-state index in [-0.39, 0.29) is 11.9 Å². The highest BCUT2D eigenvalue weighted by Gasteiger charge is 2.27. The van der Waals surface area contributed by atoms with Gasteiger partial charge in [-0.1, -0.05) is 19.9 Å². The highest BCUT2D eigenvalue weighted by atomic mass is 16.2. The van der Waals surface area contributed by atoms with Crippen molar-refractivity contribution < 1.29 is 4.79 Å². The smallest absolute Gasteiger partial charge is 0.237 e. The molecule has 1 aromatic rings. The summed E-state index contributed by atoms with van der Waals surface area (Å²) in [6, 6.07) is 3.95. The molecule has 0 saturated carbocycles. The monoisotopic (exact) mass is 261 g/mol. The Balaban J connectivity index is 1.92. The maximum atomic E-state index is 12.2. The third-order valence-electron chi connectivity index (χ3n) is 3.85. The molecule has 1 aliphatic rings. The molecule has 4 heteroatoms. The molecule has 19 heavy (non-hydrogen) atoms. The van der Waals surface area contributed by atoms with Crippen LogP contribution in [0.1, 0.15) is 37.9 Å². The fourth-order valence-electron chi connectivity index (χ4n) is 2.63. The van der Waals surface area contributed by atoms with E-state index in [0.717, 1.165) is 31.5 Å². The molecule has 0 aliphatic carbocycles. The van der Waals surface area contributed by atoms with Gasteiger partial charge in [0, 0.05) is 6.20 Å². The lowest BCUT2D eigenvalue weighted by Gasteiger charge is -2.28. The molecule has 0 bridgehead atoms. The van der Waals surface area contributed by atoms with Crippen LogP contribution in [0.2, 0.25) is 0 Å². The number of nitrogens with one attached hydrogen (secondary N) is 2. The molecule has 104 valence electrons. The molecule has 2 rings (SSSR count). The van der Waals surface area contributed by atoms with Gasteiger partial charge in [-0.05, 0) is 43.4 Å². The molecule has 2 unspecified atom stereocenters. The molecule has 4 nitrogen and oxygen atoms in total. The van der Waals surface area contributed by atoms with Gasteiger partial charge in [-0.3, -0.25) is 9.78 Å². The highest BCUT2D eigenvalue weighted by molar-refractivity contribution is 5.82. The van der Waals surface area contributed by atoms with E-state index in [9.17, 15) is 4.79 Å². The van der Waals surface area contributed by atoms with Gasteiger partial charge in [0.1, 0.15) is 0 Å². The van der Waals surface area contributed by atoms with Crippen LogP contribution in [0.5, 0.6) is 0 Å². The molecule has 1 saturated heterocycles. The van der Waals surface area contributed by atoms with Gasteiger partial charge >= 0.3 is 0 Å². The maximum absolute atomic E-state index is 12.2. The van der Waals surface area contributed by atoms with Crippen LogP contribution >= 0.6 is 0 Å². The summed E-state index contributed by atoms with van der Waals surface area (Å²) in [5, 5.41) is 6.31. The average molecular weight is 261 g/mol. The number of carbonyl (C=O) groups excluding carboxylic acids is 1. The Kier molecular flexibility index (Phi) is 4.91. The molecular weight excluding hydrogens is 238 g/mol. The fourth-order valence-corrected chi connectivity index (χ4v) is 2.63. The normalized spacial score (nSPS) is 23.1. The first-order valence-corrected chi connectivity index (χ1v) is 7.16. The number of hydrogen-bond acceptors (Lipinski definition) is 3. The lowest BCUT2D eigenvalue weighted by molar-refractivity contribution is -0.125. The molecule has 0 aromatic carbocycles. The van der Waals surface area contributed by atoms with Crippen molar-refractivity contribution in [2.24, 2.45) is 5.92 Å². The number of carbonyl (C=O) groups is 1. The molecule has 2 atom stereocenters. The Morgan fingerprint density at radius 1 is 1.58 bits per heavy atom. The summed E-state index contributed by atoms with van der Waals surface area (Å²) in [5.41, 5.74) is 2.18. The topological polar surface area (TPSA) is 54.0 Å². The molecule has 0 spiro atoms. The summed E-state index contributed by atoms with van der Waals surface area (Å²) in [6.07, 6.45) is 5.00. The Bertz CT molecular complexity index is 433. The number of pyridine rings is 1. The van der Waals surface area contributed by atoms with Crippen LogP contribution in [-0.4, -0.2) is 23.5 Å². The van der Waals surface area contributed by atoms with Gasteiger partial charge in [-0.25, -0.2) is 0 Å². The van der Waals surface area contributed by atoms with Crippen LogP contribution in [0, 0.1) is 5.92 Å². The van der Waals surface area contributed by atoms with Gasteiger partial charge < -0.3 is 10.6 Å². The number of rotatable bonds is 4. The van der Waals surface area contributed by atoms with E-state index < -0.39 is 0 Å². The SMILES string of the molecule is CCc1cccnc1CNC(=O)C1NCCCC1C. The summed E-state index contributed by atoms with van der Waals surface area (Å²) >= 11 is 0. The first-order chi connectivity index (χ1) is 9.22. The van der Waals surface area contributed by atoms with Crippen molar-refractivity contribution in [3.05, 3.63) is 29.6 Å². The van der Waals surface area contributed by atoms with Crippen LogP contribution in [0.25, 0.3) is 0 Å². The number of amides is 1. The van der Waals surface area contributed by atoms with Crippen LogP contribution < -0.4 is 10.6 Å². The molecule has 1 aliphatic heterocycles. The number of piperidine rings is 1. The highest BCUT2D eigenvalue weighted by Crippen LogP contribution is 2.15. The Morgan fingerprint density at radius 2 is 2.42 bits per heavy atom. The fraction of sp³-hybridized carbons (Fsp3) is 0.600. The van der Waals surface area contributed by atoms with Crippen LogP contribution in [-0.2, 0) is 17.8 Å². The first kappa shape index (κ1) is 14.0. The van der Waals surface area contributed by atoms with Crippen molar-refractivity contribution in [1.29, 1.82) is 0 Å². The minimum atomic E-state index is -0.0532. The van der Waals surface area contributed by atoms with E-state index in [2.05, 4.69) is 35.5 Å². The molecule has 2 heterocycles. The zero-order valence-electron chi connectivity index (χ0n) is 11.8. The number of hydrogen-bond donors (Lipinski definition) is 2. The van der Waals surface area contributed by atoms with Gasteiger partial charge in [-0.2, -0.15) is 0 Å². The molecular formula is C15H23N3O. The Hall–Kier alpha value is -1.42. The molecule has 2 N–H and O–H groups in total. The summed E-state index contributed by atoms with van der Waals surface area (Å²) in [7, 11) is 0.